The highest BCUT2D eigenvalue weighted by Gasteiger charge is 2.46. The number of nitrogens with zero attached hydrogens (tertiary/aromatic N) is 1. The molecule has 0 spiro atoms. The lowest BCUT2D eigenvalue weighted by molar-refractivity contribution is -0.0964. The first kappa shape index (κ1) is 19.7. The average Bonchev–Trinajstić information content (AvgIpc) is 2.74. The molecule has 0 amide bonds. The zero-order valence-corrected chi connectivity index (χ0v) is 15.8. The summed E-state index contributed by atoms with van der Waals surface area (Å²) in [6.45, 7) is 3.07. The van der Waals surface area contributed by atoms with Gasteiger partial charge in [-0.05, 0) is 25.9 Å². The normalized spacial score (nSPS) is 26.6. The lowest BCUT2D eigenvalue weighted by Gasteiger charge is -2.49. The van der Waals surface area contributed by atoms with Gasteiger partial charge >= 0.3 is 0 Å². The Bertz CT molecular complexity index is 767. The summed E-state index contributed by atoms with van der Waals surface area (Å²) in [6, 6.07) is 19.4. The second-order valence-corrected chi connectivity index (χ2v) is 7.34. The van der Waals surface area contributed by atoms with Crippen LogP contribution < -0.4 is 0 Å². The maximum absolute atomic E-state index is 11.6. The van der Waals surface area contributed by atoms with Crippen LogP contribution in [0.1, 0.15) is 24.0 Å². The van der Waals surface area contributed by atoms with Gasteiger partial charge in [-0.1, -0.05) is 72.5 Å². The van der Waals surface area contributed by atoms with Gasteiger partial charge in [0, 0.05) is 39.1 Å². The van der Waals surface area contributed by atoms with Crippen LogP contribution in [0.2, 0.25) is 0 Å². The molecule has 5 rings (SSSR count). The van der Waals surface area contributed by atoms with Crippen LogP contribution in [0.25, 0.3) is 0 Å². The van der Waals surface area contributed by atoms with Crippen molar-refractivity contribution < 1.29 is 9.84 Å². The lowest BCUT2D eigenvalue weighted by Crippen LogP contribution is -2.59. The molecule has 3 heterocycles. The van der Waals surface area contributed by atoms with Gasteiger partial charge in [0.1, 0.15) is 5.60 Å². The fourth-order valence-corrected chi connectivity index (χ4v) is 4.31. The molecule has 3 aliphatic heterocycles. The zero-order valence-electron chi connectivity index (χ0n) is 15.8. The minimum Gasteiger partial charge on any atom is -0.369 e. The summed E-state index contributed by atoms with van der Waals surface area (Å²) >= 11 is 0. The molecule has 0 aliphatic carbocycles. The number of benzene rings is 2. The highest BCUT2D eigenvalue weighted by molar-refractivity contribution is 5.75. The maximum atomic E-state index is 11.6. The van der Waals surface area contributed by atoms with E-state index in [0.717, 1.165) is 43.6 Å². The van der Waals surface area contributed by atoms with Crippen molar-refractivity contribution in [3.63, 3.8) is 0 Å². The van der Waals surface area contributed by atoms with E-state index in [1.807, 2.05) is 60.7 Å². The van der Waals surface area contributed by atoms with Gasteiger partial charge in [-0.25, -0.2) is 0 Å². The third kappa shape index (κ3) is 3.56. The molecule has 1 N–H and O–H groups in total. The molecule has 137 valence electrons. The van der Waals surface area contributed by atoms with E-state index in [9.17, 15) is 5.11 Å². The van der Waals surface area contributed by atoms with Crippen LogP contribution in [0.3, 0.4) is 0 Å². The van der Waals surface area contributed by atoms with Gasteiger partial charge in [0.25, 0.3) is 0 Å². The summed E-state index contributed by atoms with van der Waals surface area (Å²) < 4.78 is 5.95. The third-order valence-corrected chi connectivity index (χ3v) is 5.91. The molecule has 3 aliphatic rings. The van der Waals surface area contributed by atoms with Crippen LogP contribution in [0.15, 0.2) is 60.7 Å². The molecule has 3 saturated heterocycles. The Labute approximate surface area is 163 Å². The summed E-state index contributed by atoms with van der Waals surface area (Å²) in [7, 11) is 1.75. The predicted molar refractivity (Wildman–Crippen MR) is 108 cm³/mol. The molecule has 2 aromatic rings. The Kier molecular flexibility index (Phi) is 5.76. The van der Waals surface area contributed by atoms with E-state index in [1.54, 1.807) is 7.11 Å². The Morgan fingerprint density at radius 1 is 1.00 bits per heavy atom. The monoisotopic (exact) mass is 358 g/mol. The molecule has 27 heavy (non-hydrogen) atoms. The fourth-order valence-electron chi connectivity index (χ4n) is 4.31. The second kappa shape index (κ2) is 7.90. The molecule has 1 unspecified atom stereocenters. The van der Waals surface area contributed by atoms with Crippen molar-refractivity contribution in [2.45, 2.75) is 24.0 Å². The number of piperidine rings is 3. The molecule has 3 fully saturated rings. The molecule has 0 saturated carbocycles. The van der Waals surface area contributed by atoms with Gasteiger partial charge in [0.2, 0.25) is 0 Å². The van der Waals surface area contributed by atoms with Crippen LogP contribution in [-0.4, -0.2) is 50.8 Å². The minimum atomic E-state index is -1.35. The SMILES string of the molecule is COC1(C#CC(O)(c2ccccc2)c2ccccc2)CN2CCC1CC2.[B]. The van der Waals surface area contributed by atoms with E-state index in [2.05, 4.69) is 16.7 Å². The van der Waals surface area contributed by atoms with Gasteiger partial charge in [0.15, 0.2) is 5.60 Å². The first-order valence-corrected chi connectivity index (χ1v) is 9.31. The topological polar surface area (TPSA) is 32.7 Å². The van der Waals surface area contributed by atoms with E-state index in [4.69, 9.17) is 4.74 Å². The number of rotatable bonds is 3. The van der Waals surface area contributed by atoms with Crippen molar-refractivity contribution in [3.05, 3.63) is 71.8 Å². The number of aliphatic hydroxyl groups is 1. The van der Waals surface area contributed by atoms with Crippen LogP contribution in [0, 0.1) is 17.8 Å². The number of methoxy groups -OCH3 is 1. The van der Waals surface area contributed by atoms with Gasteiger partial charge in [-0.3, -0.25) is 4.90 Å². The minimum absolute atomic E-state index is 0. The molecule has 2 aromatic carbocycles. The second-order valence-electron chi connectivity index (χ2n) is 7.34. The molecule has 2 bridgehead atoms. The maximum Gasteiger partial charge on any atom is 0.176 e. The van der Waals surface area contributed by atoms with Crippen LogP contribution in [0.5, 0.6) is 0 Å². The van der Waals surface area contributed by atoms with E-state index >= 15 is 0 Å². The summed E-state index contributed by atoms with van der Waals surface area (Å²) in [5, 5.41) is 11.6. The Hall–Kier alpha value is -2.06. The van der Waals surface area contributed by atoms with Gasteiger partial charge < -0.3 is 9.84 Å². The van der Waals surface area contributed by atoms with E-state index < -0.39 is 11.2 Å². The van der Waals surface area contributed by atoms with Crippen molar-refractivity contribution in [2.75, 3.05) is 26.7 Å². The smallest absolute Gasteiger partial charge is 0.176 e. The predicted octanol–water partition coefficient (Wildman–Crippen LogP) is 2.66. The fraction of sp³-hybridized carbons (Fsp3) is 0.391. The number of fused-ring (bicyclic) bond motifs is 3. The number of hydrogen-bond donors (Lipinski definition) is 1. The van der Waals surface area contributed by atoms with Gasteiger partial charge in [-0.15, -0.1) is 0 Å². The standard InChI is InChI=1S/C23H25NO2.B/c1-26-22(18-24-16-12-19(22)13-17-24)14-15-23(25,20-8-4-2-5-9-20)21-10-6-3-7-11-21;/h2-11,19,25H,12-13,16-18H2,1H3;. The quantitative estimate of drug-likeness (QED) is 0.677. The first-order chi connectivity index (χ1) is 12.7. The van der Waals surface area contributed by atoms with E-state index in [1.165, 1.54) is 0 Å². The lowest BCUT2D eigenvalue weighted by atomic mass is 9.75. The van der Waals surface area contributed by atoms with Gasteiger partial charge in [0.05, 0.1) is 0 Å². The largest absolute Gasteiger partial charge is 0.369 e. The molecule has 1 atom stereocenters. The molecule has 3 radical (unpaired) electrons. The number of hydrogen-bond acceptors (Lipinski definition) is 3. The van der Waals surface area contributed by atoms with Crippen molar-refractivity contribution in [1.82, 2.24) is 4.90 Å². The number of ether oxygens (including phenoxy) is 1. The Morgan fingerprint density at radius 3 is 1.93 bits per heavy atom. The molecular weight excluding hydrogens is 333 g/mol. The summed E-state index contributed by atoms with van der Waals surface area (Å²) in [4.78, 5) is 2.42. The molecular formula is C23H25BNO2. The van der Waals surface area contributed by atoms with Crippen LogP contribution in [-0.2, 0) is 10.3 Å². The Balaban J connectivity index is 0.00000210. The molecule has 0 aromatic heterocycles. The van der Waals surface area contributed by atoms with Crippen LogP contribution >= 0.6 is 0 Å². The average molecular weight is 358 g/mol. The highest BCUT2D eigenvalue weighted by Crippen LogP contribution is 2.38. The van der Waals surface area contributed by atoms with Crippen molar-refractivity contribution >= 4 is 8.41 Å². The van der Waals surface area contributed by atoms with Gasteiger partial charge in [-0.2, -0.15) is 0 Å². The van der Waals surface area contributed by atoms with Crippen LogP contribution in [0.4, 0.5) is 0 Å². The Morgan fingerprint density at radius 2 is 1.52 bits per heavy atom. The van der Waals surface area contributed by atoms with Crippen molar-refractivity contribution in [3.8, 4) is 11.8 Å². The third-order valence-electron chi connectivity index (χ3n) is 5.91. The van der Waals surface area contributed by atoms with Crippen molar-refractivity contribution in [2.24, 2.45) is 5.92 Å². The summed E-state index contributed by atoms with van der Waals surface area (Å²) in [5.74, 6) is 7.05. The van der Waals surface area contributed by atoms with Crippen molar-refractivity contribution in [1.29, 1.82) is 0 Å². The first-order valence-electron chi connectivity index (χ1n) is 9.31. The molecule has 4 heteroatoms. The zero-order chi connectivity index (χ0) is 18.0. The van der Waals surface area contributed by atoms with E-state index in [-0.39, 0.29) is 8.41 Å². The summed E-state index contributed by atoms with van der Waals surface area (Å²) in [6.07, 6.45) is 2.22. The highest BCUT2D eigenvalue weighted by atomic mass is 16.5. The summed E-state index contributed by atoms with van der Waals surface area (Å²) in [5.41, 5.74) is -0.272. The molecule has 3 nitrogen and oxygen atoms in total. The van der Waals surface area contributed by atoms with E-state index in [0.29, 0.717) is 5.92 Å².